The van der Waals surface area contributed by atoms with Crippen molar-refractivity contribution in [3.05, 3.63) is 40.8 Å². The Morgan fingerprint density at radius 1 is 0.933 bits per heavy atom. The average molecular weight is 417 g/mol. The minimum absolute atomic E-state index is 0.196. The lowest BCUT2D eigenvalue weighted by Gasteiger charge is -2.11. The molecule has 2 aromatic rings. The zero-order chi connectivity index (χ0) is 21.6. The van der Waals surface area contributed by atoms with Crippen LogP contribution in [0.2, 0.25) is 0 Å². The molecule has 0 saturated heterocycles. The van der Waals surface area contributed by atoms with Gasteiger partial charge in [-0.15, -0.1) is 0 Å². The minimum Gasteiger partial charge on any atom is -0.499 e. The van der Waals surface area contributed by atoms with Gasteiger partial charge >= 0.3 is 5.63 Å². The Bertz CT molecular complexity index is 837. The highest BCUT2D eigenvalue weighted by molar-refractivity contribution is 5.86. The van der Waals surface area contributed by atoms with Gasteiger partial charge in [-0.1, -0.05) is 70.9 Å². The van der Waals surface area contributed by atoms with Crippen molar-refractivity contribution in [1.82, 2.24) is 0 Å². The molecule has 0 saturated carbocycles. The summed E-state index contributed by atoms with van der Waals surface area (Å²) >= 11 is 0. The van der Waals surface area contributed by atoms with Crippen molar-refractivity contribution in [2.24, 2.45) is 0 Å². The van der Waals surface area contributed by atoms with E-state index in [1.54, 1.807) is 18.2 Å². The minimum atomic E-state index is -0.795. The van der Waals surface area contributed by atoms with Crippen molar-refractivity contribution < 1.29 is 19.0 Å². The first-order chi connectivity index (χ1) is 14.7. The Kier molecular flexibility index (Phi) is 10.9. The van der Waals surface area contributed by atoms with Crippen LogP contribution in [0.4, 0.5) is 0 Å². The fourth-order valence-electron chi connectivity index (χ4n) is 3.32. The summed E-state index contributed by atoms with van der Waals surface area (Å²) in [5.74, 6) is 0.345. The summed E-state index contributed by atoms with van der Waals surface area (Å²) in [5.41, 5.74) is -0.443. The normalized spacial score (nSPS) is 11.4. The van der Waals surface area contributed by atoms with Gasteiger partial charge in [-0.2, -0.15) is 0 Å². The number of allylic oxidation sites excluding steroid dienone is 1. The number of aromatic hydroxyl groups is 1. The van der Waals surface area contributed by atoms with E-state index in [1.165, 1.54) is 38.5 Å². The fraction of sp³-hybridized carbons (Fsp3) is 0.560. The van der Waals surface area contributed by atoms with E-state index >= 15 is 0 Å². The van der Waals surface area contributed by atoms with Crippen molar-refractivity contribution in [2.75, 3.05) is 13.2 Å². The predicted molar refractivity (Wildman–Crippen MR) is 122 cm³/mol. The first-order valence-electron chi connectivity index (χ1n) is 11.4. The van der Waals surface area contributed by atoms with E-state index in [1.807, 2.05) is 0 Å². The lowest BCUT2D eigenvalue weighted by Crippen LogP contribution is -2.05. The molecule has 0 aliphatic rings. The van der Waals surface area contributed by atoms with E-state index in [2.05, 4.69) is 26.0 Å². The maximum absolute atomic E-state index is 12.0. The van der Waals surface area contributed by atoms with Gasteiger partial charge in [0.15, 0.2) is 5.75 Å². The Morgan fingerprint density at radius 3 is 2.40 bits per heavy atom. The van der Waals surface area contributed by atoms with Crippen molar-refractivity contribution in [3.63, 3.8) is 0 Å². The van der Waals surface area contributed by atoms with E-state index in [4.69, 9.17) is 13.9 Å². The Morgan fingerprint density at radius 2 is 1.67 bits per heavy atom. The zero-order valence-corrected chi connectivity index (χ0v) is 18.5. The number of ether oxygens (including phenoxy) is 2. The topological polar surface area (TPSA) is 68.9 Å². The van der Waals surface area contributed by atoms with Crippen LogP contribution in [0.3, 0.4) is 0 Å². The second-order valence-electron chi connectivity index (χ2n) is 7.57. The summed E-state index contributed by atoms with van der Waals surface area (Å²) in [4.78, 5) is 12.0. The smallest absolute Gasteiger partial charge is 0.382 e. The summed E-state index contributed by atoms with van der Waals surface area (Å²) in [5, 5.41) is 10.7. The molecule has 0 fully saturated rings. The second-order valence-corrected chi connectivity index (χ2v) is 7.57. The van der Waals surface area contributed by atoms with Crippen LogP contribution in [0.25, 0.3) is 11.0 Å². The highest BCUT2D eigenvalue weighted by Gasteiger charge is 2.16. The number of rotatable bonds is 15. The van der Waals surface area contributed by atoms with Crippen LogP contribution in [0, 0.1) is 0 Å². The molecule has 1 aromatic heterocycles. The number of unbranched alkanes of at least 4 members (excludes halogenated alkanes) is 7. The van der Waals surface area contributed by atoms with Crippen LogP contribution in [-0.2, 0) is 0 Å². The molecule has 0 unspecified atom stereocenters. The third-order valence-corrected chi connectivity index (χ3v) is 5.01. The van der Waals surface area contributed by atoms with Crippen molar-refractivity contribution in [1.29, 1.82) is 0 Å². The second kappa shape index (κ2) is 13.7. The van der Waals surface area contributed by atoms with Crippen molar-refractivity contribution >= 4 is 11.0 Å². The molecule has 5 nitrogen and oxygen atoms in total. The molecule has 2 rings (SSSR count). The third-order valence-electron chi connectivity index (χ3n) is 5.01. The SMILES string of the molecule is CCC=CCCOc1ccc2c(OCCCCCCCCCC)c(O)c(=O)oc2c1. The molecule has 1 heterocycles. The molecule has 5 heteroatoms. The number of benzene rings is 1. The van der Waals surface area contributed by atoms with E-state index in [9.17, 15) is 9.90 Å². The molecule has 0 aliphatic carbocycles. The molecule has 166 valence electrons. The van der Waals surface area contributed by atoms with E-state index in [0.717, 1.165) is 25.7 Å². The van der Waals surface area contributed by atoms with Gasteiger partial charge in [0.25, 0.3) is 0 Å². The largest absolute Gasteiger partial charge is 0.499 e. The fourth-order valence-corrected chi connectivity index (χ4v) is 3.32. The van der Waals surface area contributed by atoms with Crippen LogP contribution in [0.15, 0.2) is 39.6 Å². The molecule has 0 amide bonds. The van der Waals surface area contributed by atoms with Gasteiger partial charge in [-0.25, -0.2) is 4.79 Å². The number of hydrogen-bond donors (Lipinski definition) is 1. The Balaban J connectivity index is 1.91. The standard InChI is InChI=1S/C25H36O5/c1-3-5-7-9-10-11-12-14-18-29-24-21-16-15-20(28-17-13-8-6-4-2)19-22(21)30-25(27)23(24)26/h6,8,15-16,19,26H,3-5,7,9-14,17-18H2,1-2H3. The van der Waals surface area contributed by atoms with Gasteiger partial charge in [0.05, 0.1) is 18.6 Å². The van der Waals surface area contributed by atoms with Crippen LogP contribution in [0.5, 0.6) is 17.2 Å². The summed E-state index contributed by atoms with van der Waals surface area (Å²) in [6, 6.07) is 5.23. The van der Waals surface area contributed by atoms with Gasteiger partial charge in [-0.3, -0.25) is 0 Å². The van der Waals surface area contributed by atoms with Crippen LogP contribution < -0.4 is 15.1 Å². The van der Waals surface area contributed by atoms with Crippen LogP contribution in [0.1, 0.15) is 78.1 Å². The summed E-state index contributed by atoms with van der Waals surface area (Å²) in [6.45, 7) is 5.32. The van der Waals surface area contributed by atoms with E-state index in [0.29, 0.717) is 29.9 Å². The molecule has 0 atom stereocenters. The monoisotopic (exact) mass is 416 g/mol. The Labute approximate surface area is 179 Å². The highest BCUT2D eigenvalue weighted by atomic mass is 16.5. The molecular formula is C25H36O5. The average Bonchev–Trinajstić information content (AvgIpc) is 2.74. The van der Waals surface area contributed by atoms with Crippen LogP contribution in [-0.4, -0.2) is 18.3 Å². The number of hydrogen-bond acceptors (Lipinski definition) is 5. The molecule has 30 heavy (non-hydrogen) atoms. The molecule has 0 aliphatic heterocycles. The lowest BCUT2D eigenvalue weighted by molar-refractivity contribution is 0.285. The quantitative estimate of drug-likeness (QED) is 0.197. The summed E-state index contributed by atoms with van der Waals surface area (Å²) < 4.78 is 16.7. The maximum atomic E-state index is 12.0. The molecule has 1 N–H and O–H groups in total. The van der Waals surface area contributed by atoms with E-state index < -0.39 is 11.4 Å². The van der Waals surface area contributed by atoms with Gasteiger partial charge in [0, 0.05) is 6.07 Å². The lowest BCUT2D eigenvalue weighted by atomic mass is 10.1. The van der Waals surface area contributed by atoms with Gasteiger partial charge in [-0.05, 0) is 31.4 Å². The number of fused-ring (bicyclic) bond motifs is 1. The van der Waals surface area contributed by atoms with Crippen molar-refractivity contribution in [2.45, 2.75) is 78.1 Å². The molecule has 0 bridgehead atoms. The van der Waals surface area contributed by atoms with Crippen LogP contribution >= 0.6 is 0 Å². The zero-order valence-electron chi connectivity index (χ0n) is 18.5. The molecular weight excluding hydrogens is 380 g/mol. The summed E-state index contributed by atoms with van der Waals surface area (Å²) in [6.07, 6.45) is 15.6. The van der Waals surface area contributed by atoms with Crippen molar-refractivity contribution in [3.8, 4) is 17.2 Å². The van der Waals surface area contributed by atoms with Gasteiger partial charge in [0.2, 0.25) is 5.75 Å². The van der Waals surface area contributed by atoms with E-state index in [-0.39, 0.29) is 5.75 Å². The summed E-state index contributed by atoms with van der Waals surface area (Å²) in [7, 11) is 0. The molecule has 0 radical (unpaired) electrons. The van der Waals surface area contributed by atoms with Gasteiger partial charge in [0.1, 0.15) is 11.3 Å². The Hall–Kier alpha value is -2.43. The third kappa shape index (κ3) is 7.77. The maximum Gasteiger partial charge on any atom is 0.382 e. The molecule has 1 aromatic carbocycles. The predicted octanol–water partition coefficient (Wildman–Crippen LogP) is 6.75. The highest BCUT2D eigenvalue weighted by Crippen LogP contribution is 2.34. The molecule has 0 spiro atoms. The first kappa shape index (κ1) is 23.8. The first-order valence-corrected chi connectivity index (χ1v) is 11.4. The van der Waals surface area contributed by atoms with Gasteiger partial charge < -0.3 is 19.0 Å².